The van der Waals surface area contributed by atoms with E-state index in [2.05, 4.69) is 5.32 Å². The molecule has 0 heterocycles. The summed E-state index contributed by atoms with van der Waals surface area (Å²) in [6, 6.07) is 17.2. The third kappa shape index (κ3) is 7.13. The number of carbonyl (C=O) groups is 2. The average molecular weight is 368 g/mol. The lowest BCUT2D eigenvalue weighted by Gasteiger charge is -2.23. The molecule has 2 rings (SSSR count). The second kappa shape index (κ2) is 10.4. The molecular weight excluding hydrogens is 340 g/mol. The highest BCUT2D eigenvalue weighted by atomic mass is 16.5. The predicted octanol–water partition coefficient (Wildman–Crippen LogP) is 3.49. The monoisotopic (exact) mass is 368 g/mol. The summed E-state index contributed by atoms with van der Waals surface area (Å²) in [7, 11) is 1.78. The second-order valence-corrected chi connectivity index (χ2v) is 6.70. The van der Waals surface area contributed by atoms with Crippen molar-refractivity contribution in [1.82, 2.24) is 10.2 Å². The van der Waals surface area contributed by atoms with Crippen LogP contribution in [0.5, 0.6) is 5.75 Å². The van der Waals surface area contributed by atoms with Crippen LogP contribution in [-0.4, -0.2) is 36.9 Å². The van der Waals surface area contributed by atoms with E-state index < -0.39 is 0 Å². The third-order valence-electron chi connectivity index (χ3n) is 4.31. The predicted molar refractivity (Wildman–Crippen MR) is 107 cm³/mol. The van der Waals surface area contributed by atoms with E-state index in [-0.39, 0.29) is 24.3 Å². The number of benzene rings is 2. The number of para-hydroxylation sites is 1. The number of aryl methyl sites for hydroxylation is 1. The fourth-order valence-corrected chi connectivity index (χ4v) is 2.76. The minimum Gasteiger partial charge on any atom is -0.494 e. The number of hydrogen-bond acceptors (Lipinski definition) is 3. The van der Waals surface area contributed by atoms with Gasteiger partial charge in [0.2, 0.25) is 11.8 Å². The summed E-state index contributed by atoms with van der Waals surface area (Å²) in [6.07, 6.45) is 0.977. The first-order valence-electron chi connectivity index (χ1n) is 9.21. The Labute approximate surface area is 161 Å². The maximum atomic E-state index is 12.6. The molecule has 0 bridgehead atoms. The minimum atomic E-state index is -0.321. The van der Waals surface area contributed by atoms with Crippen molar-refractivity contribution in [3.63, 3.8) is 0 Å². The summed E-state index contributed by atoms with van der Waals surface area (Å²) >= 11 is 0. The highest BCUT2D eigenvalue weighted by Crippen LogP contribution is 2.19. The number of nitrogens with one attached hydrogen (secondary N) is 1. The first-order valence-corrected chi connectivity index (χ1v) is 9.21. The Morgan fingerprint density at radius 3 is 2.37 bits per heavy atom. The van der Waals surface area contributed by atoms with Gasteiger partial charge in [0, 0.05) is 20.5 Å². The SMILES string of the molecule is CC(=O)NC(CC(=O)N(C)CCCOc1ccccc1)c1ccc(C)cc1. The fourth-order valence-electron chi connectivity index (χ4n) is 2.76. The van der Waals surface area contributed by atoms with Crippen LogP contribution in [0, 0.1) is 6.92 Å². The van der Waals surface area contributed by atoms with Crippen molar-refractivity contribution in [1.29, 1.82) is 0 Å². The summed E-state index contributed by atoms with van der Waals surface area (Å²) in [5.74, 6) is 0.679. The Bertz CT molecular complexity index is 729. The molecular formula is C22H28N2O3. The third-order valence-corrected chi connectivity index (χ3v) is 4.31. The van der Waals surface area contributed by atoms with Gasteiger partial charge in [-0.3, -0.25) is 9.59 Å². The zero-order chi connectivity index (χ0) is 19.6. The van der Waals surface area contributed by atoms with E-state index >= 15 is 0 Å². The molecule has 2 aromatic rings. The zero-order valence-corrected chi connectivity index (χ0v) is 16.3. The number of nitrogens with zero attached hydrogens (tertiary/aromatic N) is 1. The molecule has 0 saturated carbocycles. The summed E-state index contributed by atoms with van der Waals surface area (Å²) < 4.78 is 5.66. The van der Waals surface area contributed by atoms with E-state index in [1.54, 1.807) is 11.9 Å². The van der Waals surface area contributed by atoms with Crippen molar-refractivity contribution in [2.24, 2.45) is 0 Å². The summed E-state index contributed by atoms with van der Waals surface area (Å²) in [6.45, 7) is 4.63. The van der Waals surface area contributed by atoms with Crippen molar-refractivity contribution >= 4 is 11.8 Å². The Morgan fingerprint density at radius 1 is 1.07 bits per heavy atom. The molecule has 0 fully saturated rings. The van der Waals surface area contributed by atoms with Crippen molar-refractivity contribution < 1.29 is 14.3 Å². The van der Waals surface area contributed by atoms with E-state index in [9.17, 15) is 9.59 Å². The second-order valence-electron chi connectivity index (χ2n) is 6.70. The molecule has 0 aliphatic heterocycles. The van der Waals surface area contributed by atoms with Gasteiger partial charge in [0.25, 0.3) is 0 Å². The van der Waals surface area contributed by atoms with E-state index in [1.807, 2.05) is 61.5 Å². The Balaban J connectivity index is 1.84. The normalized spacial score (nSPS) is 11.5. The van der Waals surface area contributed by atoms with E-state index in [4.69, 9.17) is 4.74 Å². The molecule has 0 aliphatic rings. The standard InChI is InChI=1S/C22H28N2O3/c1-17-10-12-19(13-11-17)21(23-18(2)25)16-22(26)24(3)14-7-15-27-20-8-5-4-6-9-20/h4-6,8-13,21H,7,14-16H2,1-3H3,(H,23,25). The highest BCUT2D eigenvalue weighted by molar-refractivity contribution is 5.79. The van der Waals surface area contributed by atoms with Crippen LogP contribution >= 0.6 is 0 Å². The molecule has 2 amide bonds. The van der Waals surface area contributed by atoms with Gasteiger partial charge >= 0.3 is 0 Å². The van der Waals surface area contributed by atoms with E-state index in [0.717, 1.165) is 23.3 Å². The van der Waals surface area contributed by atoms with Crippen LogP contribution < -0.4 is 10.1 Å². The smallest absolute Gasteiger partial charge is 0.224 e. The first-order chi connectivity index (χ1) is 13.0. The molecule has 5 nitrogen and oxygen atoms in total. The largest absolute Gasteiger partial charge is 0.494 e. The van der Waals surface area contributed by atoms with Crippen molar-refractivity contribution in [3.05, 3.63) is 65.7 Å². The van der Waals surface area contributed by atoms with Gasteiger partial charge in [-0.1, -0.05) is 48.0 Å². The molecule has 27 heavy (non-hydrogen) atoms. The van der Waals surface area contributed by atoms with Crippen LogP contribution in [0.1, 0.15) is 36.9 Å². The molecule has 0 saturated heterocycles. The van der Waals surface area contributed by atoms with Gasteiger partial charge in [-0.15, -0.1) is 0 Å². The molecule has 0 aliphatic carbocycles. The van der Waals surface area contributed by atoms with Gasteiger partial charge < -0.3 is 15.0 Å². The molecule has 0 aromatic heterocycles. The van der Waals surface area contributed by atoms with Gasteiger partial charge in [0.15, 0.2) is 0 Å². The van der Waals surface area contributed by atoms with Gasteiger partial charge in [-0.25, -0.2) is 0 Å². The summed E-state index contributed by atoms with van der Waals surface area (Å²) in [4.78, 5) is 25.8. The average Bonchev–Trinajstić information content (AvgIpc) is 2.65. The lowest BCUT2D eigenvalue weighted by Crippen LogP contribution is -2.34. The summed E-state index contributed by atoms with van der Waals surface area (Å²) in [5, 5.41) is 2.88. The maximum Gasteiger partial charge on any atom is 0.224 e. The summed E-state index contributed by atoms with van der Waals surface area (Å²) in [5.41, 5.74) is 2.08. The molecule has 1 unspecified atom stereocenters. The van der Waals surface area contributed by atoms with Crippen molar-refractivity contribution in [3.8, 4) is 5.75 Å². The Hall–Kier alpha value is -2.82. The number of ether oxygens (including phenoxy) is 1. The molecule has 0 radical (unpaired) electrons. The number of rotatable bonds is 9. The minimum absolute atomic E-state index is 0.00552. The highest BCUT2D eigenvalue weighted by Gasteiger charge is 2.19. The van der Waals surface area contributed by atoms with Gasteiger partial charge in [0.1, 0.15) is 5.75 Å². The van der Waals surface area contributed by atoms with Gasteiger partial charge in [0.05, 0.1) is 19.1 Å². The Kier molecular flexibility index (Phi) is 7.86. The van der Waals surface area contributed by atoms with Crippen LogP contribution in [0.25, 0.3) is 0 Å². The van der Waals surface area contributed by atoms with Crippen LogP contribution in [0.3, 0.4) is 0 Å². The van der Waals surface area contributed by atoms with Crippen molar-refractivity contribution in [2.45, 2.75) is 32.7 Å². The lowest BCUT2D eigenvalue weighted by atomic mass is 10.0. The first kappa shape index (κ1) is 20.5. The van der Waals surface area contributed by atoms with Crippen LogP contribution in [0.2, 0.25) is 0 Å². The van der Waals surface area contributed by atoms with Gasteiger partial charge in [-0.05, 0) is 31.0 Å². The number of hydrogen-bond donors (Lipinski definition) is 1. The van der Waals surface area contributed by atoms with Crippen LogP contribution in [-0.2, 0) is 9.59 Å². The molecule has 5 heteroatoms. The van der Waals surface area contributed by atoms with Crippen LogP contribution in [0.15, 0.2) is 54.6 Å². The van der Waals surface area contributed by atoms with Crippen molar-refractivity contribution in [2.75, 3.05) is 20.2 Å². The Morgan fingerprint density at radius 2 is 1.74 bits per heavy atom. The number of carbonyl (C=O) groups excluding carboxylic acids is 2. The van der Waals surface area contributed by atoms with Crippen LogP contribution in [0.4, 0.5) is 0 Å². The number of amides is 2. The topological polar surface area (TPSA) is 58.6 Å². The maximum absolute atomic E-state index is 12.6. The molecule has 1 N–H and O–H groups in total. The van der Waals surface area contributed by atoms with E-state index in [1.165, 1.54) is 6.92 Å². The quantitative estimate of drug-likeness (QED) is 0.689. The fraction of sp³-hybridized carbons (Fsp3) is 0.364. The molecule has 1 atom stereocenters. The molecule has 2 aromatic carbocycles. The van der Waals surface area contributed by atoms with Gasteiger partial charge in [-0.2, -0.15) is 0 Å². The molecule has 0 spiro atoms. The molecule has 144 valence electrons. The lowest BCUT2D eigenvalue weighted by molar-refractivity contribution is -0.130. The van der Waals surface area contributed by atoms with E-state index in [0.29, 0.717) is 13.2 Å². The zero-order valence-electron chi connectivity index (χ0n) is 16.3.